The molecule has 0 fully saturated rings. The number of halogens is 2. The highest BCUT2D eigenvalue weighted by atomic mass is 19.3. The van der Waals surface area contributed by atoms with Crippen molar-refractivity contribution >= 4 is 12.9 Å². The number of hydrogen-bond donors (Lipinski definition) is 1. The van der Waals surface area contributed by atoms with Gasteiger partial charge in [-0.2, -0.15) is 0 Å². The molecular weight excluding hydrogens is 387 g/mol. The summed E-state index contributed by atoms with van der Waals surface area (Å²) in [5.41, 5.74) is 7.37. The van der Waals surface area contributed by atoms with Gasteiger partial charge in [0.15, 0.2) is 7.28 Å². The van der Waals surface area contributed by atoms with E-state index in [1.165, 1.54) is 40.7 Å². The first-order valence-electron chi connectivity index (χ1n) is 11.9. The van der Waals surface area contributed by atoms with Crippen molar-refractivity contribution in [1.82, 2.24) is 5.32 Å². The largest absolute Gasteiger partial charge is 0.393 e. The van der Waals surface area contributed by atoms with Gasteiger partial charge in [-0.1, -0.05) is 57.4 Å². The molecule has 0 aromatic heterocycles. The number of nitrogens with one attached hydrogen (secondary N) is 1. The van der Waals surface area contributed by atoms with Crippen LogP contribution in [0.2, 0.25) is 0 Å². The Morgan fingerprint density at radius 1 is 1.16 bits per heavy atom. The van der Waals surface area contributed by atoms with E-state index < -0.39 is 5.92 Å². The molecule has 1 N–H and O–H groups in total. The summed E-state index contributed by atoms with van der Waals surface area (Å²) in [6.07, 6.45) is 7.57. The Morgan fingerprint density at radius 3 is 2.52 bits per heavy atom. The molecule has 0 bridgehead atoms. The van der Waals surface area contributed by atoms with Gasteiger partial charge in [-0.15, -0.1) is 0 Å². The fourth-order valence-corrected chi connectivity index (χ4v) is 4.73. The number of alkyl halides is 2. The van der Waals surface area contributed by atoms with Crippen LogP contribution in [-0.2, 0) is 12.7 Å². The Morgan fingerprint density at radius 2 is 1.87 bits per heavy atom. The molecule has 1 aliphatic heterocycles. The molecule has 1 atom stereocenters. The Balaban J connectivity index is 1.91. The van der Waals surface area contributed by atoms with E-state index in [-0.39, 0.29) is 12.4 Å². The van der Waals surface area contributed by atoms with Crippen molar-refractivity contribution in [1.29, 1.82) is 0 Å². The van der Waals surface area contributed by atoms with E-state index in [4.69, 9.17) is 0 Å². The normalized spacial score (nSPS) is 15.9. The van der Waals surface area contributed by atoms with Gasteiger partial charge in [-0.25, -0.2) is 8.78 Å². The van der Waals surface area contributed by atoms with Crippen LogP contribution in [-0.4, -0.2) is 19.1 Å². The quantitative estimate of drug-likeness (QED) is 0.259. The third-order valence-corrected chi connectivity index (χ3v) is 6.68. The van der Waals surface area contributed by atoms with Crippen LogP contribution in [0.25, 0.3) is 5.57 Å². The smallest absolute Gasteiger partial charge is 0.245 e. The first kappa shape index (κ1) is 25.4. The van der Waals surface area contributed by atoms with Crippen LogP contribution in [0.15, 0.2) is 49.2 Å². The van der Waals surface area contributed by atoms with Crippen molar-refractivity contribution in [2.24, 2.45) is 5.92 Å². The maximum absolute atomic E-state index is 13.1. The second-order valence-electron chi connectivity index (χ2n) is 9.33. The second-order valence-corrected chi connectivity index (χ2v) is 9.33. The third-order valence-electron chi connectivity index (χ3n) is 6.68. The Labute approximate surface area is 189 Å². The van der Waals surface area contributed by atoms with E-state index in [1.807, 2.05) is 0 Å². The Hall–Kier alpha value is -1.84. The molecule has 4 heteroatoms. The Bertz CT molecular complexity index is 774. The summed E-state index contributed by atoms with van der Waals surface area (Å²) in [5.74, 6) is -1.74. The number of hydrogen-bond acceptors (Lipinski definition) is 1. The summed E-state index contributed by atoms with van der Waals surface area (Å²) in [6, 6.07) is 6.52. The topological polar surface area (TPSA) is 12.0 Å². The highest BCUT2D eigenvalue weighted by Gasteiger charge is 2.24. The van der Waals surface area contributed by atoms with Gasteiger partial charge in [-0.3, -0.25) is 0 Å². The van der Waals surface area contributed by atoms with E-state index in [2.05, 4.69) is 57.1 Å². The Kier molecular flexibility index (Phi) is 9.59. The number of rotatable bonds is 13. The molecule has 0 amide bonds. The first-order chi connectivity index (χ1) is 14.6. The summed E-state index contributed by atoms with van der Waals surface area (Å²) in [7, 11) is 0.990. The standard InChI is InChI=1S/C27H40BF2N/c1-7-22(8-2)19(3)11-9-12-20(4)24-14-10-13-23-17-26(28-18-25(23)24)31-21(5)15-16-27(6,29)30/h10,13-14,22,26,28,31H,3-5,7-9,11-12,15-18H2,1-2,6H3. The summed E-state index contributed by atoms with van der Waals surface area (Å²) < 4.78 is 26.2. The van der Waals surface area contributed by atoms with Gasteiger partial charge in [0.1, 0.15) is 0 Å². The van der Waals surface area contributed by atoms with Crippen molar-refractivity contribution in [2.75, 3.05) is 0 Å². The predicted molar refractivity (Wildman–Crippen MR) is 133 cm³/mol. The highest BCUT2D eigenvalue weighted by Crippen LogP contribution is 2.30. The highest BCUT2D eigenvalue weighted by molar-refractivity contribution is 6.38. The molecule has 1 unspecified atom stereocenters. The predicted octanol–water partition coefficient (Wildman–Crippen LogP) is 7.22. The van der Waals surface area contributed by atoms with Crippen molar-refractivity contribution in [3.8, 4) is 0 Å². The van der Waals surface area contributed by atoms with Crippen LogP contribution in [0.3, 0.4) is 0 Å². The SMILES string of the molecule is C=C(CCC(C)(F)F)NC1BCc2c(cccc2C(=C)CCCC(=C)C(CC)CC)C1. The molecule has 1 heterocycles. The van der Waals surface area contributed by atoms with Crippen molar-refractivity contribution in [2.45, 2.75) is 90.3 Å². The molecule has 0 spiro atoms. The molecular formula is C27H40BF2N. The van der Waals surface area contributed by atoms with Gasteiger partial charge in [-0.05, 0) is 86.4 Å². The number of fused-ring (bicyclic) bond motifs is 1. The average Bonchev–Trinajstić information content (AvgIpc) is 2.72. The molecule has 1 aromatic carbocycles. The summed E-state index contributed by atoms with van der Waals surface area (Å²) in [5, 5.41) is 3.39. The lowest BCUT2D eigenvalue weighted by Crippen LogP contribution is -2.40. The van der Waals surface area contributed by atoms with E-state index in [1.54, 1.807) is 0 Å². The molecule has 0 saturated carbocycles. The lowest BCUT2D eigenvalue weighted by atomic mass is 9.57. The van der Waals surface area contributed by atoms with Crippen molar-refractivity contribution in [3.05, 3.63) is 65.9 Å². The fourth-order valence-electron chi connectivity index (χ4n) is 4.73. The monoisotopic (exact) mass is 427 g/mol. The molecule has 2 rings (SSSR count). The van der Waals surface area contributed by atoms with Gasteiger partial charge in [0.2, 0.25) is 5.92 Å². The van der Waals surface area contributed by atoms with Crippen molar-refractivity contribution < 1.29 is 8.78 Å². The average molecular weight is 427 g/mol. The zero-order chi connectivity index (χ0) is 23.0. The molecule has 1 aromatic rings. The van der Waals surface area contributed by atoms with Crippen molar-refractivity contribution in [3.63, 3.8) is 0 Å². The minimum Gasteiger partial charge on any atom is -0.393 e. The second kappa shape index (κ2) is 11.7. The van der Waals surface area contributed by atoms with Gasteiger partial charge in [0, 0.05) is 18.1 Å². The van der Waals surface area contributed by atoms with E-state index in [0.29, 0.717) is 18.0 Å². The minimum absolute atomic E-state index is 0.157. The van der Waals surface area contributed by atoms with Crippen LogP contribution in [0.5, 0.6) is 0 Å². The molecule has 0 radical (unpaired) electrons. The van der Waals surface area contributed by atoms with Crippen LogP contribution in [0.1, 0.15) is 82.4 Å². The number of allylic oxidation sites excluding steroid dienone is 3. The van der Waals surface area contributed by atoms with Gasteiger partial charge < -0.3 is 5.32 Å². The maximum Gasteiger partial charge on any atom is 0.245 e. The van der Waals surface area contributed by atoms with Gasteiger partial charge in [0.25, 0.3) is 0 Å². The van der Waals surface area contributed by atoms with Crippen LogP contribution in [0.4, 0.5) is 8.78 Å². The number of benzene rings is 1. The summed E-state index contributed by atoms with van der Waals surface area (Å²) in [6.45, 7) is 18.1. The molecule has 1 nitrogen and oxygen atoms in total. The zero-order valence-corrected chi connectivity index (χ0v) is 19.8. The molecule has 31 heavy (non-hydrogen) atoms. The molecule has 170 valence electrons. The van der Waals surface area contributed by atoms with Crippen LogP contribution < -0.4 is 5.32 Å². The zero-order valence-electron chi connectivity index (χ0n) is 19.8. The first-order valence-corrected chi connectivity index (χ1v) is 11.9. The molecule has 0 saturated heterocycles. The van der Waals surface area contributed by atoms with E-state index in [0.717, 1.165) is 46.2 Å². The maximum atomic E-state index is 13.1. The molecule has 1 aliphatic rings. The lowest BCUT2D eigenvalue weighted by Gasteiger charge is -2.28. The summed E-state index contributed by atoms with van der Waals surface area (Å²) >= 11 is 0. The fraction of sp³-hybridized carbons (Fsp3) is 0.556. The third kappa shape index (κ3) is 7.98. The van der Waals surface area contributed by atoms with Crippen LogP contribution in [0, 0.1) is 5.92 Å². The van der Waals surface area contributed by atoms with Gasteiger partial charge >= 0.3 is 0 Å². The van der Waals surface area contributed by atoms with Crippen LogP contribution >= 0.6 is 0 Å². The summed E-state index contributed by atoms with van der Waals surface area (Å²) in [4.78, 5) is 0. The van der Waals surface area contributed by atoms with Gasteiger partial charge in [0.05, 0.1) is 0 Å². The lowest BCUT2D eigenvalue weighted by molar-refractivity contribution is 0.0129. The molecule has 0 aliphatic carbocycles. The van der Waals surface area contributed by atoms with E-state index in [9.17, 15) is 8.78 Å². The minimum atomic E-state index is -2.64. The van der Waals surface area contributed by atoms with E-state index >= 15 is 0 Å².